The normalized spacial score (nSPS) is 27.4. The number of hydrogen-bond acceptors (Lipinski definition) is 6. The third-order valence-corrected chi connectivity index (χ3v) is 6.25. The maximum atomic E-state index is 9.69. The van der Waals surface area contributed by atoms with Gasteiger partial charge in [-0.05, 0) is 36.1 Å². The molecule has 30 heavy (non-hydrogen) atoms. The summed E-state index contributed by atoms with van der Waals surface area (Å²) in [6, 6.07) is 16.2. The predicted molar refractivity (Wildman–Crippen MR) is 114 cm³/mol. The van der Waals surface area contributed by atoms with Gasteiger partial charge in [0.2, 0.25) is 0 Å². The van der Waals surface area contributed by atoms with Gasteiger partial charge in [-0.25, -0.2) is 0 Å². The van der Waals surface area contributed by atoms with Gasteiger partial charge in [0, 0.05) is 31.1 Å². The van der Waals surface area contributed by atoms with Crippen LogP contribution >= 0.6 is 0 Å². The van der Waals surface area contributed by atoms with Crippen LogP contribution < -0.4 is 5.73 Å². The highest BCUT2D eigenvalue weighted by atomic mass is 16.7. The van der Waals surface area contributed by atoms with E-state index in [-0.39, 0.29) is 31.5 Å². The molecule has 2 heterocycles. The van der Waals surface area contributed by atoms with Gasteiger partial charge in [0.1, 0.15) is 0 Å². The number of aliphatic hydroxyl groups is 2. The summed E-state index contributed by atoms with van der Waals surface area (Å²) in [5.41, 5.74) is 9.76. The number of rotatable bonds is 7. The monoisotopic (exact) mass is 412 g/mol. The molecule has 2 aliphatic rings. The molecule has 2 aliphatic heterocycles. The molecule has 0 radical (unpaired) electrons. The van der Waals surface area contributed by atoms with Crippen molar-refractivity contribution in [3.8, 4) is 0 Å². The van der Waals surface area contributed by atoms with Gasteiger partial charge in [-0.3, -0.25) is 4.90 Å². The quantitative estimate of drug-likeness (QED) is 0.648. The molecule has 4 N–H and O–H groups in total. The molecule has 0 saturated carbocycles. The number of nitrogens with zero attached hydrogens (tertiary/aromatic N) is 1. The summed E-state index contributed by atoms with van der Waals surface area (Å²) in [4.78, 5) is 2.34. The zero-order valence-corrected chi connectivity index (χ0v) is 17.3. The van der Waals surface area contributed by atoms with Crippen LogP contribution in [0.15, 0.2) is 48.5 Å². The molecule has 2 fully saturated rings. The van der Waals surface area contributed by atoms with E-state index in [1.807, 2.05) is 48.5 Å². The van der Waals surface area contributed by atoms with E-state index >= 15 is 0 Å². The Morgan fingerprint density at radius 3 is 2.30 bits per heavy atom. The Bertz CT molecular complexity index is 740. The summed E-state index contributed by atoms with van der Waals surface area (Å²) in [5.74, 6) is 0. The van der Waals surface area contributed by atoms with Gasteiger partial charge in [0.25, 0.3) is 0 Å². The van der Waals surface area contributed by atoms with Crippen molar-refractivity contribution in [2.45, 2.75) is 57.0 Å². The molecule has 2 aromatic rings. The predicted octanol–water partition coefficient (Wildman–Crippen LogP) is 2.64. The first-order valence-electron chi connectivity index (χ1n) is 10.8. The molecule has 2 aromatic carbocycles. The van der Waals surface area contributed by atoms with Gasteiger partial charge in [-0.2, -0.15) is 0 Å². The Kier molecular flexibility index (Phi) is 7.15. The SMILES string of the molecule is NCc1ccc([C@H]2O[C@@H](CN3CCC[C@@H]3CO)C[C@@H](c3ccc(CO)cc3)O2)cc1. The molecule has 4 rings (SSSR count). The third-order valence-electron chi connectivity index (χ3n) is 6.25. The molecular formula is C24H32N2O4. The van der Waals surface area contributed by atoms with Crippen molar-refractivity contribution in [2.24, 2.45) is 5.73 Å². The number of hydrogen-bond donors (Lipinski definition) is 3. The highest BCUT2D eigenvalue weighted by Gasteiger charge is 2.35. The minimum atomic E-state index is -0.451. The largest absolute Gasteiger partial charge is 0.395 e. The number of benzene rings is 2. The average molecular weight is 413 g/mol. The van der Waals surface area contributed by atoms with Gasteiger partial charge in [-0.15, -0.1) is 0 Å². The first-order valence-corrected chi connectivity index (χ1v) is 10.8. The second kappa shape index (κ2) is 10.0. The highest BCUT2D eigenvalue weighted by Crippen LogP contribution is 2.38. The summed E-state index contributed by atoms with van der Waals surface area (Å²) in [7, 11) is 0. The van der Waals surface area contributed by atoms with Gasteiger partial charge < -0.3 is 25.4 Å². The van der Waals surface area contributed by atoms with Crippen LogP contribution in [0.2, 0.25) is 0 Å². The fourth-order valence-electron chi connectivity index (χ4n) is 4.45. The molecule has 2 saturated heterocycles. The molecule has 0 bridgehead atoms. The second-order valence-corrected chi connectivity index (χ2v) is 8.27. The van der Waals surface area contributed by atoms with Crippen LogP contribution in [-0.2, 0) is 22.6 Å². The van der Waals surface area contributed by atoms with Crippen molar-refractivity contribution in [2.75, 3.05) is 19.7 Å². The molecule has 6 nitrogen and oxygen atoms in total. The fourth-order valence-corrected chi connectivity index (χ4v) is 4.45. The van der Waals surface area contributed by atoms with Crippen molar-refractivity contribution in [1.29, 1.82) is 0 Å². The molecule has 6 heteroatoms. The van der Waals surface area contributed by atoms with E-state index in [1.165, 1.54) is 0 Å². The summed E-state index contributed by atoms with van der Waals surface area (Å²) in [5, 5.41) is 19.0. The van der Waals surface area contributed by atoms with Crippen LogP contribution in [0.25, 0.3) is 0 Å². The van der Waals surface area contributed by atoms with Crippen molar-refractivity contribution < 1.29 is 19.7 Å². The molecule has 0 aromatic heterocycles. The average Bonchev–Trinajstić information content (AvgIpc) is 3.26. The lowest BCUT2D eigenvalue weighted by Crippen LogP contribution is -2.42. The molecule has 4 atom stereocenters. The van der Waals surface area contributed by atoms with E-state index in [1.54, 1.807) is 0 Å². The Morgan fingerprint density at radius 2 is 1.63 bits per heavy atom. The van der Waals surface area contributed by atoms with Crippen LogP contribution in [-0.4, -0.2) is 47.0 Å². The van der Waals surface area contributed by atoms with E-state index in [4.69, 9.17) is 15.2 Å². The van der Waals surface area contributed by atoms with Gasteiger partial charge in [0.05, 0.1) is 25.4 Å². The molecule has 0 amide bonds. The first-order chi connectivity index (χ1) is 14.7. The zero-order valence-electron chi connectivity index (χ0n) is 17.3. The van der Waals surface area contributed by atoms with Crippen LogP contribution in [0.5, 0.6) is 0 Å². The number of likely N-dealkylation sites (tertiary alicyclic amines) is 1. The van der Waals surface area contributed by atoms with E-state index in [0.717, 1.165) is 54.6 Å². The standard InChI is InChI=1S/C24H32N2O4/c25-13-17-3-9-20(10-4-17)24-29-22(14-26-11-1-2-21(26)16-28)12-23(30-24)19-7-5-18(15-27)6-8-19/h3-10,21-24,27-28H,1-2,11-16,25H2/t21-,22-,23+,24+/m1/s1. The summed E-state index contributed by atoms with van der Waals surface area (Å²) >= 11 is 0. The van der Waals surface area contributed by atoms with Gasteiger partial charge in [0.15, 0.2) is 6.29 Å². The topological polar surface area (TPSA) is 88.2 Å². The van der Waals surface area contributed by atoms with Crippen molar-refractivity contribution in [1.82, 2.24) is 4.90 Å². The zero-order chi connectivity index (χ0) is 20.9. The van der Waals surface area contributed by atoms with Crippen molar-refractivity contribution >= 4 is 0 Å². The van der Waals surface area contributed by atoms with Crippen LogP contribution in [0.1, 0.15) is 53.9 Å². The highest BCUT2D eigenvalue weighted by molar-refractivity contribution is 5.26. The number of nitrogens with two attached hydrogens (primary N) is 1. The van der Waals surface area contributed by atoms with E-state index < -0.39 is 6.29 Å². The maximum absolute atomic E-state index is 9.69. The minimum absolute atomic E-state index is 0.00704. The number of ether oxygens (including phenoxy) is 2. The lowest BCUT2D eigenvalue weighted by Gasteiger charge is -2.38. The van der Waals surface area contributed by atoms with Crippen molar-refractivity contribution in [3.63, 3.8) is 0 Å². The molecular weight excluding hydrogens is 380 g/mol. The molecule has 0 spiro atoms. The van der Waals surface area contributed by atoms with Crippen LogP contribution in [0.3, 0.4) is 0 Å². The van der Waals surface area contributed by atoms with E-state index in [0.29, 0.717) is 6.54 Å². The van der Waals surface area contributed by atoms with Gasteiger partial charge in [-0.1, -0.05) is 48.5 Å². The van der Waals surface area contributed by atoms with E-state index in [9.17, 15) is 10.2 Å². The van der Waals surface area contributed by atoms with E-state index in [2.05, 4.69) is 4.90 Å². The van der Waals surface area contributed by atoms with Crippen molar-refractivity contribution in [3.05, 3.63) is 70.8 Å². The summed E-state index contributed by atoms with van der Waals surface area (Å²) in [6.45, 7) is 2.52. The number of aliphatic hydroxyl groups excluding tert-OH is 2. The molecule has 0 unspecified atom stereocenters. The first kappa shape index (κ1) is 21.4. The van der Waals surface area contributed by atoms with Crippen LogP contribution in [0, 0.1) is 0 Å². The second-order valence-electron chi connectivity index (χ2n) is 8.27. The third kappa shape index (κ3) is 4.91. The minimum Gasteiger partial charge on any atom is -0.395 e. The Morgan fingerprint density at radius 1 is 0.933 bits per heavy atom. The summed E-state index contributed by atoms with van der Waals surface area (Å²) < 4.78 is 12.8. The Labute approximate surface area is 178 Å². The smallest absolute Gasteiger partial charge is 0.184 e. The lowest BCUT2D eigenvalue weighted by molar-refractivity contribution is -0.253. The van der Waals surface area contributed by atoms with Gasteiger partial charge >= 0.3 is 0 Å². The Balaban J connectivity index is 1.54. The Hall–Kier alpha value is -1.80. The van der Waals surface area contributed by atoms with Crippen LogP contribution in [0.4, 0.5) is 0 Å². The lowest BCUT2D eigenvalue weighted by atomic mass is 9.99. The summed E-state index contributed by atoms with van der Waals surface area (Å²) in [6.07, 6.45) is 2.37. The maximum Gasteiger partial charge on any atom is 0.184 e. The fraction of sp³-hybridized carbons (Fsp3) is 0.500. The molecule has 0 aliphatic carbocycles. The molecule has 162 valence electrons.